The minimum Gasteiger partial charge on any atom is -0.353 e. The third-order valence-corrected chi connectivity index (χ3v) is 10.3. The fourth-order valence-electron chi connectivity index (χ4n) is 6.15. The summed E-state index contributed by atoms with van der Waals surface area (Å²) >= 11 is 0. The van der Waals surface area contributed by atoms with Crippen LogP contribution in [0.15, 0.2) is 47.4 Å². The molecule has 2 atom stereocenters. The van der Waals surface area contributed by atoms with E-state index in [0.29, 0.717) is 6.04 Å². The lowest BCUT2D eigenvalue weighted by atomic mass is 9.86. The largest absolute Gasteiger partial charge is 0.353 e. The van der Waals surface area contributed by atoms with Crippen molar-refractivity contribution in [1.29, 1.82) is 0 Å². The summed E-state index contributed by atoms with van der Waals surface area (Å²) in [6.45, 7) is 3.09. The van der Waals surface area contributed by atoms with E-state index in [1.807, 2.05) is 6.92 Å². The Hall–Kier alpha value is -2.75. The van der Waals surface area contributed by atoms with E-state index < -0.39 is 22.0 Å². The van der Waals surface area contributed by atoms with E-state index in [-0.39, 0.29) is 36.4 Å². The van der Waals surface area contributed by atoms with Gasteiger partial charge in [-0.1, -0.05) is 55.2 Å². The zero-order valence-electron chi connectivity index (χ0n) is 22.7. The van der Waals surface area contributed by atoms with Gasteiger partial charge in [-0.05, 0) is 67.9 Å². The molecule has 210 valence electrons. The van der Waals surface area contributed by atoms with Gasteiger partial charge in [-0.2, -0.15) is 4.31 Å². The van der Waals surface area contributed by atoms with Crippen LogP contribution in [-0.2, 0) is 32.6 Å². The molecule has 1 saturated carbocycles. The fourth-order valence-corrected chi connectivity index (χ4v) is 7.73. The monoisotopic (exact) mass is 552 g/mol. The van der Waals surface area contributed by atoms with E-state index in [4.69, 9.17) is 0 Å². The third kappa shape index (κ3) is 6.53. The van der Waals surface area contributed by atoms with Gasteiger partial charge in [0.2, 0.25) is 21.8 Å². The lowest BCUT2D eigenvalue weighted by Gasteiger charge is -2.34. The van der Waals surface area contributed by atoms with Gasteiger partial charge in [-0.25, -0.2) is 8.42 Å². The Morgan fingerprint density at radius 1 is 1.03 bits per heavy atom. The van der Waals surface area contributed by atoms with Crippen molar-refractivity contribution in [3.8, 4) is 0 Å². The maximum Gasteiger partial charge on any atom is 0.243 e. The van der Waals surface area contributed by atoms with Crippen molar-refractivity contribution < 1.29 is 18.0 Å². The first kappa shape index (κ1) is 27.8. The maximum absolute atomic E-state index is 13.4. The molecule has 1 heterocycles. The normalized spacial score (nSPS) is 22.6. The molecular weight excluding hydrogens is 512 g/mol. The van der Waals surface area contributed by atoms with Gasteiger partial charge in [0.15, 0.2) is 0 Å². The molecule has 2 amide bonds. The van der Waals surface area contributed by atoms with Crippen LogP contribution in [0.2, 0.25) is 0 Å². The second-order valence-corrected chi connectivity index (χ2v) is 13.1. The summed E-state index contributed by atoms with van der Waals surface area (Å²) < 4.78 is 27.9. The summed E-state index contributed by atoms with van der Waals surface area (Å²) in [6, 6.07) is 12.5. The van der Waals surface area contributed by atoms with Crippen LogP contribution in [0.25, 0.3) is 0 Å². The number of nitrogens with zero attached hydrogens (tertiary/aromatic N) is 1. The Morgan fingerprint density at radius 2 is 1.79 bits per heavy atom. The Bertz CT molecular complexity index is 1290. The van der Waals surface area contributed by atoms with Crippen LogP contribution >= 0.6 is 0 Å². The molecular formula is C30H40N4O4S. The molecule has 0 unspecified atom stereocenters. The van der Waals surface area contributed by atoms with E-state index in [0.717, 1.165) is 36.9 Å². The number of piperazine rings is 1. The van der Waals surface area contributed by atoms with Crippen LogP contribution in [0.3, 0.4) is 0 Å². The lowest BCUT2D eigenvalue weighted by molar-refractivity contribution is -0.132. The number of carbonyl (C=O) groups is 2. The first-order valence-corrected chi connectivity index (χ1v) is 15.8. The van der Waals surface area contributed by atoms with Crippen LogP contribution in [0.4, 0.5) is 0 Å². The summed E-state index contributed by atoms with van der Waals surface area (Å²) in [5.74, 6) is -0.756. The topological polar surface area (TPSA) is 108 Å². The number of nitrogens with one attached hydrogen (secondary N) is 3. The highest BCUT2D eigenvalue weighted by molar-refractivity contribution is 7.89. The number of sulfonamides is 1. The lowest BCUT2D eigenvalue weighted by Crippen LogP contribution is -2.58. The molecule has 0 aromatic heterocycles. The second kappa shape index (κ2) is 12.2. The first-order valence-electron chi connectivity index (χ1n) is 14.3. The average Bonchev–Trinajstić information content (AvgIpc) is 2.94. The molecule has 8 nitrogen and oxygen atoms in total. The van der Waals surface area contributed by atoms with Gasteiger partial charge in [0.05, 0.1) is 17.4 Å². The Labute approximate surface area is 232 Å². The highest BCUT2D eigenvalue weighted by Gasteiger charge is 2.40. The van der Waals surface area contributed by atoms with Crippen LogP contribution < -0.4 is 16.0 Å². The van der Waals surface area contributed by atoms with E-state index >= 15 is 0 Å². The van der Waals surface area contributed by atoms with Crippen molar-refractivity contribution in [2.45, 2.75) is 94.3 Å². The average molecular weight is 553 g/mol. The molecule has 0 bridgehead atoms. The summed E-state index contributed by atoms with van der Waals surface area (Å²) in [6.07, 6.45) is 9.01. The van der Waals surface area contributed by atoms with Crippen LogP contribution in [0.5, 0.6) is 0 Å². The summed E-state index contributed by atoms with van der Waals surface area (Å²) in [7, 11) is -3.92. The standard InChI is InChI=1S/C30H40N4O4S/c1-21-10-13-25(14-11-21)39(37,38)34-17-16-31-30(36)28(34)19-29(35)33-27-9-5-6-23-18-22(12-15-26(23)27)20-32-24-7-3-2-4-8-24/h10-15,18,24,27-28,32H,2-9,16-17,19-20H2,1H3,(H,31,36)(H,33,35)/t27-,28-/m1/s1. The van der Waals surface area contributed by atoms with E-state index in [9.17, 15) is 18.0 Å². The quantitative estimate of drug-likeness (QED) is 0.465. The van der Waals surface area contributed by atoms with E-state index in [1.54, 1.807) is 24.3 Å². The predicted octanol–water partition coefficient (Wildman–Crippen LogP) is 3.49. The SMILES string of the molecule is Cc1ccc(S(=O)(=O)N2CCNC(=O)[C@H]2CC(=O)N[C@@H]2CCCc3cc(CNC4CCCCC4)ccc32)cc1. The minimum atomic E-state index is -3.92. The molecule has 3 N–H and O–H groups in total. The number of hydrogen-bond acceptors (Lipinski definition) is 5. The van der Waals surface area contributed by atoms with Gasteiger partial charge in [-0.3, -0.25) is 9.59 Å². The van der Waals surface area contributed by atoms with Gasteiger partial charge < -0.3 is 16.0 Å². The summed E-state index contributed by atoms with van der Waals surface area (Å²) in [5, 5.41) is 9.55. The Balaban J connectivity index is 1.24. The molecule has 0 radical (unpaired) electrons. The summed E-state index contributed by atoms with van der Waals surface area (Å²) in [4.78, 5) is 26.1. The highest BCUT2D eigenvalue weighted by Crippen LogP contribution is 2.31. The molecule has 2 aromatic rings. The molecule has 2 fully saturated rings. The van der Waals surface area contributed by atoms with E-state index in [1.165, 1.54) is 47.5 Å². The van der Waals surface area contributed by atoms with Crippen molar-refractivity contribution in [3.63, 3.8) is 0 Å². The molecule has 1 saturated heterocycles. The fraction of sp³-hybridized carbons (Fsp3) is 0.533. The number of amides is 2. The highest BCUT2D eigenvalue weighted by atomic mass is 32.2. The zero-order chi connectivity index (χ0) is 27.4. The van der Waals surface area contributed by atoms with Crippen LogP contribution in [0.1, 0.15) is 79.7 Å². The van der Waals surface area contributed by atoms with Crippen LogP contribution in [0, 0.1) is 6.92 Å². The molecule has 2 aromatic carbocycles. The molecule has 9 heteroatoms. The number of hydrogen-bond donors (Lipinski definition) is 3. The number of fused-ring (bicyclic) bond motifs is 1. The molecule has 39 heavy (non-hydrogen) atoms. The molecule has 5 rings (SSSR count). The molecule has 0 spiro atoms. The van der Waals surface area contributed by atoms with Gasteiger partial charge >= 0.3 is 0 Å². The van der Waals surface area contributed by atoms with Crippen molar-refractivity contribution in [1.82, 2.24) is 20.3 Å². The Morgan fingerprint density at radius 3 is 2.56 bits per heavy atom. The first-order chi connectivity index (χ1) is 18.8. The number of aryl methyl sites for hydroxylation is 2. The maximum atomic E-state index is 13.4. The number of carbonyl (C=O) groups excluding carboxylic acids is 2. The van der Waals surface area contributed by atoms with Crippen molar-refractivity contribution >= 4 is 21.8 Å². The zero-order valence-corrected chi connectivity index (χ0v) is 23.6. The van der Waals surface area contributed by atoms with Gasteiger partial charge in [-0.15, -0.1) is 0 Å². The second-order valence-electron chi connectivity index (χ2n) is 11.2. The summed E-state index contributed by atoms with van der Waals surface area (Å²) in [5.41, 5.74) is 4.59. The number of rotatable bonds is 8. The van der Waals surface area contributed by atoms with Gasteiger partial charge in [0.1, 0.15) is 6.04 Å². The van der Waals surface area contributed by atoms with Crippen molar-refractivity contribution in [2.24, 2.45) is 0 Å². The molecule has 3 aliphatic rings. The van der Waals surface area contributed by atoms with E-state index in [2.05, 4.69) is 34.1 Å². The predicted molar refractivity (Wildman–Crippen MR) is 150 cm³/mol. The van der Waals surface area contributed by atoms with Crippen molar-refractivity contribution in [2.75, 3.05) is 13.1 Å². The smallest absolute Gasteiger partial charge is 0.243 e. The van der Waals surface area contributed by atoms with Crippen LogP contribution in [-0.4, -0.2) is 49.7 Å². The molecule has 2 aliphatic carbocycles. The van der Waals surface area contributed by atoms with Gasteiger partial charge in [0, 0.05) is 25.7 Å². The van der Waals surface area contributed by atoms with Crippen molar-refractivity contribution in [3.05, 3.63) is 64.7 Å². The number of benzene rings is 2. The Kier molecular flexibility index (Phi) is 8.69. The van der Waals surface area contributed by atoms with Gasteiger partial charge in [0.25, 0.3) is 0 Å². The third-order valence-electron chi connectivity index (χ3n) is 8.34. The molecule has 1 aliphatic heterocycles. The minimum absolute atomic E-state index is 0.128.